The molecule has 3 unspecified atom stereocenters. The molecule has 0 aliphatic carbocycles. The van der Waals surface area contributed by atoms with Gasteiger partial charge in [0.1, 0.15) is 40.1 Å². The summed E-state index contributed by atoms with van der Waals surface area (Å²) in [6.07, 6.45) is -0.911. The molecule has 0 amide bonds. The smallest absolute Gasteiger partial charge is 0.462 e. The van der Waals surface area contributed by atoms with Crippen LogP contribution in [0, 0.1) is 12.3 Å². The summed E-state index contributed by atoms with van der Waals surface area (Å²) in [7, 11) is 8.55. The number of H-pyrrole nitrogens is 1. The molecule has 1 aromatic rings. The second-order valence-electron chi connectivity index (χ2n) is 7.19. The van der Waals surface area contributed by atoms with E-state index >= 15 is 4.39 Å². The fourth-order valence-electron chi connectivity index (χ4n) is 2.72. The van der Waals surface area contributed by atoms with E-state index < -0.39 is 67.0 Å². The molecular formula is C16H19B2FN4O8P+. The minimum Gasteiger partial charge on any atom is -0.462 e. The monoisotopic (exact) mass is 467 g/mol. The third-order valence-electron chi connectivity index (χ3n) is 4.22. The molecule has 3 N–H and O–H groups in total. The van der Waals surface area contributed by atoms with Gasteiger partial charge in [0.15, 0.2) is 0 Å². The van der Waals surface area contributed by atoms with Crippen molar-refractivity contribution in [2.45, 2.75) is 62.4 Å². The van der Waals surface area contributed by atoms with E-state index in [-0.39, 0.29) is 0 Å². The Bertz CT molecular complexity index is 1040. The Morgan fingerprint density at radius 3 is 2.69 bits per heavy atom. The fraction of sp³-hybridized carbons (Fsp3) is 0.625. The molecule has 1 fully saturated rings. The molecule has 2 heterocycles. The van der Waals surface area contributed by atoms with Crippen LogP contribution in [-0.4, -0.2) is 77.0 Å². The molecule has 0 saturated carbocycles. The number of aliphatic hydroxyl groups is 1. The number of alkyl halides is 1. The van der Waals surface area contributed by atoms with Gasteiger partial charge in [-0.15, -0.1) is 10.9 Å². The Morgan fingerprint density at radius 1 is 1.53 bits per heavy atom. The van der Waals surface area contributed by atoms with E-state index in [9.17, 15) is 24.1 Å². The SMILES string of the molecule is [B]C([B])(O[P+](=O)N[C@@H](C)C(=O)OC(C)C)C1O[C@@H](n2ncc(=O)[nH]c2=O)[C@@](F)(C#C)C1O. The Hall–Kier alpha value is -2.36. The minimum absolute atomic E-state index is 0.336. The number of terminal acetylenes is 1. The summed E-state index contributed by atoms with van der Waals surface area (Å²) in [5.41, 5.74) is -5.17. The number of esters is 1. The zero-order valence-electron chi connectivity index (χ0n) is 17.2. The number of aromatic nitrogens is 3. The Balaban J connectivity index is 2.23. The van der Waals surface area contributed by atoms with Gasteiger partial charge in [-0.25, -0.2) is 9.18 Å². The highest BCUT2D eigenvalue weighted by molar-refractivity contribution is 7.37. The summed E-state index contributed by atoms with van der Waals surface area (Å²) in [5.74, 6) is 0.904. The lowest BCUT2D eigenvalue weighted by molar-refractivity contribution is -0.149. The first kappa shape index (κ1) is 25.9. The second-order valence-corrected chi connectivity index (χ2v) is 8.14. The highest BCUT2D eigenvalue weighted by Crippen LogP contribution is 2.44. The molecule has 168 valence electrons. The molecule has 1 aromatic heterocycles. The normalized spacial score (nSPS) is 27.0. The van der Waals surface area contributed by atoms with Gasteiger partial charge in [-0.3, -0.25) is 14.6 Å². The molecule has 0 spiro atoms. The highest BCUT2D eigenvalue weighted by Gasteiger charge is 2.63. The number of hydrogen-bond acceptors (Lipinski definition) is 9. The van der Waals surface area contributed by atoms with Crippen LogP contribution in [0.5, 0.6) is 0 Å². The van der Waals surface area contributed by atoms with Crippen molar-refractivity contribution >= 4 is 29.8 Å². The van der Waals surface area contributed by atoms with Gasteiger partial charge in [-0.1, -0.05) is 11.0 Å². The van der Waals surface area contributed by atoms with Gasteiger partial charge in [-0.2, -0.15) is 9.78 Å². The summed E-state index contributed by atoms with van der Waals surface area (Å²) < 4.78 is 43.1. The summed E-state index contributed by atoms with van der Waals surface area (Å²) in [4.78, 5) is 36.8. The standard InChI is InChI=1S/C16H18B2FN4O8P/c1-5-15(19)10(25)11(30-13(15)23-14(27)21-9(24)6-20-23)16(17,18)31-32(28)22-8(4)12(26)29-7(2)3/h1,6-8,10-11,13,25H,2-4H3,(H-,21,22,24,27,28)/p+1/t8-,10?,11?,13+,15+/m0/s1. The average molecular weight is 467 g/mol. The predicted octanol–water partition coefficient (Wildman–Crippen LogP) is -1.87. The first-order valence-corrected chi connectivity index (χ1v) is 10.3. The number of halogens is 1. The van der Waals surface area contributed by atoms with Crippen LogP contribution in [0.2, 0.25) is 0 Å². The first-order valence-electron chi connectivity index (χ1n) is 9.12. The third-order valence-corrected chi connectivity index (χ3v) is 5.30. The predicted molar refractivity (Wildman–Crippen MR) is 108 cm³/mol. The van der Waals surface area contributed by atoms with Crippen LogP contribution in [0.15, 0.2) is 15.8 Å². The van der Waals surface area contributed by atoms with E-state index in [1.54, 1.807) is 19.8 Å². The van der Waals surface area contributed by atoms with E-state index in [4.69, 9.17) is 36.1 Å². The van der Waals surface area contributed by atoms with Crippen LogP contribution in [0.4, 0.5) is 4.39 Å². The molecule has 0 bridgehead atoms. The maximum absolute atomic E-state index is 15.4. The van der Waals surface area contributed by atoms with E-state index in [1.807, 2.05) is 4.98 Å². The van der Waals surface area contributed by atoms with Gasteiger partial charge < -0.3 is 14.6 Å². The van der Waals surface area contributed by atoms with Crippen molar-refractivity contribution in [3.05, 3.63) is 27.0 Å². The van der Waals surface area contributed by atoms with Gasteiger partial charge in [-0.05, 0) is 25.3 Å². The number of carbonyl (C=O) groups is 1. The zero-order chi connectivity index (χ0) is 24.4. The van der Waals surface area contributed by atoms with E-state index in [0.29, 0.717) is 10.9 Å². The number of nitrogens with zero attached hydrogens (tertiary/aromatic N) is 2. The highest BCUT2D eigenvalue weighted by atomic mass is 31.1. The zero-order valence-corrected chi connectivity index (χ0v) is 18.1. The number of ether oxygens (including phenoxy) is 2. The van der Waals surface area contributed by atoms with Crippen LogP contribution in [0.1, 0.15) is 27.0 Å². The number of nitrogens with one attached hydrogen (secondary N) is 2. The largest absolute Gasteiger partial charge is 0.612 e. The molecular weight excluding hydrogens is 448 g/mol. The van der Waals surface area contributed by atoms with Crippen molar-refractivity contribution in [3.63, 3.8) is 0 Å². The third kappa shape index (κ3) is 5.33. The molecule has 1 aliphatic heterocycles. The van der Waals surface area contributed by atoms with Gasteiger partial charge in [0.05, 0.1) is 11.5 Å². The summed E-state index contributed by atoms with van der Waals surface area (Å²) >= 11 is 0. The number of carbonyl (C=O) groups excluding carboxylic acids is 1. The van der Waals surface area contributed by atoms with Gasteiger partial charge in [0.2, 0.25) is 11.9 Å². The van der Waals surface area contributed by atoms with Crippen molar-refractivity contribution < 1.29 is 32.9 Å². The van der Waals surface area contributed by atoms with E-state index in [0.717, 1.165) is 0 Å². The summed E-state index contributed by atoms with van der Waals surface area (Å²) in [5, 5.41) is 13.5. The van der Waals surface area contributed by atoms with Crippen molar-refractivity contribution in [2.24, 2.45) is 0 Å². The van der Waals surface area contributed by atoms with Gasteiger partial charge >= 0.3 is 19.8 Å². The summed E-state index contributed by atoms with van der Waals surface area (Å²) in [6.45, 7) is 4.54. The maximum Gasteiger partial charge on any atom is 0.612 e. The number of hydrogen-bond donors (Lipinski definition) is 3. The number of aromatic amines is 1. The number of aliphatic hydroxyl groups excluding tert-OH is 1. The van der Waals surface area contributed by atoms with Crippen molar-refractivity contribution in [3.8, 4) is 12.3 Å². The van der Waals surface area contributed by atoms with Crippen molar-refractivity contribution in [2.75, 3.05) is 0 Å². The van der Waals surface area contributed by atoms with Gasteiger partial charge in [0.25, 0.3) is 5.56 Å². The second kappa shape index (κ2) is 9.64. The number of rotatable bonds is 8. The maximum atomic E-state index is 15.4. The van der Waals surface area contributed by atoms with E-state index in [2.05, 4.69) is 10.2 Å². The Labute approximate surface area is 184 Å². The molecule has 16 heteroatoms. The van der Waals surface area contributed by atoms with Crippen LogP contribution in [-0.2, 0) is 23.4 Å². The molecule has 1 aliphatic rings. The van der Waals surface area contributed by atoms with Crippen LogP contribution < -0.4 is 16.3 Å². The molecule has 6 atom stereocenters. The lowest BCUT2D eigenvalue weighted by atomic mass is 9.60. The van der Waals surface area contributed by atoms with Crippen molar-refractivity contribution in [1.82, 2.24) is 19.9 Å². The molecule has 12 nitrogen and oxygen atoms in total. The minimum atomic E-state index is -3.10. The molecule has 0 aromatic carbocycles. The molecule has 1 saturated heterocycles. The quantitative estimate of drug-likeness (QED) is 0.171. The summed E-state index contributed by atoms with van der Waals surface area (Å²) in [6, 6.07) is -1.10. The Kier molecular flexibility index (Phi) is 7.80. The molecule has 4 radical (unpaired) electrons. The lowest BCUT2D eigenvalue weighted by Crippen LogP contribution is -2.53. The lowest BCUT2D eigenvalue weighted by Gasteiger charge is -2.29. The molecule has 32 heavy (non-hydrogen) atoms. The van der Waals surface area contributed by atoms with Crippen molar-refractivity contribution in [1.29, 1.82) is 0 Å². The topological polar surface area (TPSA) is 162 Å². The Morgan fingerprint density at radius 2 is 2.16 bits per heavy atom. The van der Waals surface area contributed by atoms with Crippen LogP contribution >= 0.6 is 8.18 Å². The van der Waals surface area contributed by atoms with Gasteiger partial charge in [0, 0.05) is 0 Å². The van der Waals surface area contributed by atoms with E-state index in [1.165, 1.54) is 6.92 Å². The average Bonchev–Trinajstić information content (AvgIpc) is 2.93. The first-order chi connectivity index (χ1) is 14.7. The van der Waals surface area contributed by atoms with Crippen LogP contribution in [0.25, 0.3) is 0 Å². The molecule has 2 rings (SSSR count). The fourth-order valence-corrected chi connectivity index (χ4v) is 3.59. The van der Waals surface area contributed by atoms with Crippen LogP contribution in [0.3, 0.4) is 0 Å².